The first kappa shape index (κ1) is 13.3. The second-order valence-electron chi connectivity index (χ2n) is 4.37. The summed E-state index contributed by atoms with van der Waals surface area (Å²) in [5, 5.41) is 7.46. The van der Waals surface area contributed by atoms with Crippen molar-refractivity contribution in [1.29, 1.82) is 0 Å². The van der Waals surface area contributed by atoms with E-state index in [1.165, 1.54) is 12.1 Å². The second kappa shape index (κ2) is 4.44. The lowest BCUT2D eigenvalue weighted by molar-refractivity contribution is -0.137. The normalized spacial score (nSPS) is 12.0. The van der Waals surface area contributed by atoms with E-state index in [0.29, 0.717) is 0 Å². The largest absolute Gasteiger partial charge is 0.417 e. The highest BCUT2D eigenvalue weighted by molar-refractivity contribution is 5.73. The first-order valence-corrected chi connectivity index (χ1v) is 5.84. The van der Waals surface area contributed by atoms with Gasteiger partial charge in [-0.05, 0) is 24.3 Å². The third kappa shape index (κ3) is 2.18. The molecular formula is C13H8F4N4. The molecule has 0 amide bonds. The molecule has 2 heterocycles. The molecule has 108 valence electrons. The van der Waals surface area contributed by atoms with Crippen LogP contribution in [0.4, 0.5) is 23.2 Å². The Balaban J connectivity index is 2.29. The topological polar surface area (TPSA) is 56.2 Å². The highest BCUT2D eigenvalue weighted by Crippen LogP contribution is 2.32. The van der Waals surface area contributed by atoms with Gasteiger partial charge in [0.1, 0.15) is 5.82 Å². The van der Waals surface area contributed by atoms with Gasteiger partial charge in [0.05, 0.1) is 11.1 Å². The molecule has 0 saturated carbocycles. The van der Waals surface area contributed by atoms with Crippen molar-refractivity contribution in [3.63, 3.8) is 0 Å². The predicted octanol–water partition coefficient (Wildman–Crippen LogP) is 3.14. The van der Waals surface area contributed by atoms with Crippen LogP contribution in [-0.4, -0.2) is 14.6 Å². The third-order valence-corrected chi connectivity index (χ3v) is 3.00. The van der Waals surface area contributed by atoms with E-state index < -0.39 is 17.6 Å². The lowest BCUT2D eigenvalue weighted by Crippen LogP contribution is -2.07. The van der Waals surface area contributed by atoms with Crippen molar-refractivity contribution in [2.45, 2.75) is 6.18 Å². The maximum absolute atomic E-state index is 13.9. The van der Waals surface area contributed by atoms with Gasteiger partial charge in [0.15, 0.2) is 11.5 Å². The van der Waals surface area contributed by atoms with E-state index in [1.807, 2.05) is 0 Å². The summed E-state index contributed by atoms with van der Waals surface area (Å²) >= 11 is 0. The summed E-state index contributed by atoms with van der Waals surface area (Å²) in [4.78, 5) is 0. The Morgan fingerprint density at radius 1 is 1.05 bits per heavy atom. The number of fused-ring (bicyclic) bond motifs is 1. The van der Waals surface area contributed by atoms with E-state index in [-0.39, 0.29) is 22.7 Å². The Kier molecular flexibility index (Phi) is 2.82. The lowest BCUT2D eigenvalue weighted by atomic mass is 10.1. The van der Waals surface area contributed by atoms with Crippen LogP contribution in [0.15, 0.2) is 36.5 Å². The Morgan fingerprint density at radius 2 is 1.81 bits per heavy atom. The summed E-state index contributed by atoms with van der Waals surface area (Å²) in [6, 6.07) is 6.04. The molecule has 0 radical (unpaired) electrons. The molecule has 21 heavy (non-hydrogen) atoms. The molecule has 0 unspecified atom stereocenters. The zero-order valence-corrected chi connectivity index (χ0v) is 10.4. The molecule has 0 saturated heterocycles. The highest BCUT2D eigenvalue weighted by Gasteiger charge is 2.31. The summed E-state index contributed by atoms with van der Waals surface area (Å²) in [7, 11) is 0. The minimum absolute atomic E-state index is 0.0710. The Morgan fingerprint density at radius 3 is 2.48 bits per heavy atom. The van der Waals surface area contributed by atoms with Gasteiger partial charge in [0, 0.05) is 11.9 Å². The van der Waals surface area contributed by atoms with Gasteiger partial charge in [0.25, 0.3) is 0 Å². The fourth-order valence-corrected chi connectivity index (χ4v) is 2.01. The number of alkyl halides is 3. The number of rotatable bonds is 1. The Labute approximate surface area is 115 Å². The van der Waals surface area contributed by atoms with Gasteiger partial charge in [-0.1, -0.05) is 6.07 Å². The number of benzene rings is 1. The number of anilines is 1. The van der Waals surface area contributed by atoms with Crippen LogP contribution in [0, 0.1) is 5.82 Å². The average Bonchev–Trinajstić information content (AvgIpc) is 2.81. The molecular weight excluding hydrogens is 288 g/mol. The number of nitrogens with zero attached hydrogens (tertiary/aromatic N) is 3. The lowest BCUT2D eigenvalue weighted by Gasteiger charge is -2.08. The zero-order valence-electron chi connectivity index (χ0n) is 10.4. The summed E-state index contributed by atoms with van der Waals surface area (Å²) in [6.45, 7) is 0. The van der Waals surface area contributed by atoms with E-state index in [2.05, 4.69) is 10.2 Å². The van der Waals surface area contributed by atoms with Crippen LogP contribution in [0.5, 0.6) is 0 Å². The summed E-state index contributed by atoms with van der Waals surface area (Å²) in [5.41, 5.74) is 4.96. The van der Waals surface area contributed by atoms with Crippen LogP contribution in [0.2, 0.25) is 0 Å². The number of nitrogens with two attached hydrogens (primary N) is 1. The quantitative estimate of drug-likeness (QED) is 0.554. The van der Waals surface area contributed by atoms with Crippen LogP contribution < -0.4 is 5.73 Å². The number of nitrogen functional groups attached to an aromatic ring is 1. The van der Waals surface area contributed by atoms with Crippen molar-refractivity contribution in [1.82, 2.24) is 14.6 Å². The molecule has 0 fully saturated rings. The maximum Gasteiger partial charge on any atom is 0.417 e. The fraction of sp³-hybridized carbons (Fsp3) is 0.0769. The van der Waals surface area contributed by atoms with Crippen molar-refractivity contribution in [2.24, 2.45) is 0 Å². The first-order valence-electron chi connectivity index (χ1n) is 5.84. The standard InChI is InChI=1S/C13H8F4N4/c14-8-2-1-3-9(18)11(8)12-20-19-10-5-4-7(6-21(10)12)13(15,16)17/h1-6H,18H2. The third-order valence-electron chi connectivity index (χ3n) is 3.00. The van der Waals surface area contributed by atoms with Crippen LogP contribution in [0.3, 0.4) is 0 Å². The number of hydrogen-bond acceptors (Lipinski definition) is 3. The van der Waals surface area contributed by atoms with Crippen LogP contribution in [0.25, 0.3) is 17.0 Å². The van der Waals surface area contributed by atoms with Gasteiger partial charge < -0.3 is 5.73 Å². The van der Waals surface area contributed by atoms with E-state index >= 15 is 0 Å². The fourth-order valence-electron chi connectivity index (χ4n) is 2.01. The van der Waals surface area contributed by atoms with Crippen molar-refractivity contribution >= 4 is 11.3 Å². The SMILES string of the molecule is Nc1cccc(F)c1-c1nnc2ccc(C(F)(F)F)cn12. The summed E-state index contributed by atoms with van der Waals surface area (Å²) in [6.07, 6.45) is -3.70. The number of pyridine rings is 1. The van der Waals surface area contributed by atoms with Crippen LogP contribution in [-0.2, 0) is 6.18 Å². The van der Waals surface area contributed by atoms with Crippen molar-refractivity contribution in [2.75, 3.05) is 5.73 Å². The molecule has 3 aromatic rings. The monoisotopic (exact) mass is 296 g/mol. The molecule has 0 aliphatic heterocycles. The number of halogens is 4. The van der Waals surface area contributed by atoms with E-state index in [4.69, 9.17) is 5.73 Å². The number of hydrogen-bond donors (Lipinski definition) is 1. The van der Waals surface area contributed by atoms with E-state index in [9.17, 15) is 17.6 Å². The maximum atomic E-state index is 13.9. The molecule has 0 bridgehead atoms. The predicted molar refractivity (Wildman–Crippen MR) is 67.8 cm³/mol. The van der Waals surface area contributed by atoms with Gasteiger partial charge in [-0.3, -0.25) is 4.40 Å². The minimum atomic E-state index is -4.52. The summed E-state index contributed by atoms with van der Waals surface area (Å²) < 4.78 is 53.2. The van der Waals surface area contributed by atoms with Crippen LogP contribution >= 0.6 is 0 Å². The van der Waals surface area contributed by atoms with E-state index in [0.717, 1.165) is 28.8 Å². The van der Waals surface area contributed by atoms with Gasteiger partial charge in [-0.15, -0.1) is 10.2 Å². The second-order valence-corrected chi connectivity index (χ2v) is 4.37. The van der Waals surface area contributed by atoms with Gasteiger partial charge >= 0.3 is 6.18 Å². The molecule has 0 aliphatic rings. The molecule has 2 aromatic heterocycles. The van der Waals surface area contributed by atoms with Gasteiger partial charge in [-0.25, -0.2) is 4.39 Å². The number of aromatic nitrogens is 3. The Hall–Kier alpha value is -2.64. The minimum Gasteiger partial charge on any atom is -0.398 e. The molecule has 1 aromatic carbocycles. The molecule has 0 spiro atoms. The van der Waals surface area contributed by atoms with Crippen molar-refractivity contribution in [3.05, 3.63) is 47.9 Å². The first-order chi connectivity index (χ1) is 9.88. The van der Waals surface area contributed by atoms with Gasteiger partial charge in [0.2, 0.25) is 0 Å². The van der Waals surface area contributed by atoms with Crippen molar-refractivity contribution < 1.29 is 17.6 Å². The smallest absolute Gasteiger partial charge is 0.398 e. The van der Waals surface area contributed by atoms with Gasteiger partial charge in [-0.2, -0.15) is 13.2 Å². The van der Waals surface area contributed by atoms with Crippen LogP contribution in [0.1, 0.15) is 5.56 Å². The molecule has 4 nitrogen and oxygen atoms in total. The Bertz CT molecular complexity index is 802. The average molecular weight is 296 g/mol. The molecule has 8 heteroatoms. The molecule has 2 N–H and O–H groups in total. The summed E-state index contributed by atoms with van der Waals surface area (Å²) in [5.74, 6) is -0.756. The van der Waals surface area contributed by atoms with E-state index in [1.54, 1.807) is 0 Å². The molecule has 0 aliphatic carbocycles. The molecule has 3 rings (SSSR count). The van der Waals surface area contributed by atoms with Crippen molar-refractivity contribution in [3.8, 4) is 11.4 Å². The highest BCUT2D eigenvalue weighted by atomic mass is 19.4. The zero-order chi connectivity index (χ0) is 15.2. The molecule has 0 atom stereocenters.